The van der Waals surface area contributed by atoms with Gasteiger partial charge in [-0.3, -0.25) is 4.79 Å². The number of anilines is 3. The molecule has 9 nitrogen and oxygen atoms in total. The van der Waals surface area contributed by atoms with Crippen molar-refractivity contribution in [1.82, 2.24) is 4.98 Å². The van der Waals surface area contributed by atoms with Gasteiger partial charge in [-0.15, -0.1) is 0 Å². The van der Waals surface area contributed by atoms with Crippen molar-refractivity contribution in [1.29, 1.82) is 0 Å². The van der Waals surface area contributed by atoms with Crippen LogP contribution in [-0.4, -0.2) is 39.3 Å². The average molecular weight is 537 g/mol. The van der Waals surface area contributed by atoms with E-state index in [0.717, 1.165) is 35.2 Å². The summed E-state index contributed by atoms with van der Waals surface area (Å²) in [6, 6.07) is 11.4. The van der Waals surface area contributed by atoms with Gasteiger partial charge in [-0.05, 0) is 50.1 Å². The van der Waals surface area contributed by atoms with Crippen LogP contribution in [0.1, 0.15) is 48.6 Å². The van der Waals surface area contributed by atoms with Crippen LogP contribution in [0.5, 0.6) is 23.0 Å². The number of carbonyl (C=O) groups is 1. The number of unbranched alkanes of at least 4 members (excludes halogenated alkanes) is 1. The Hall–Kier alpha value is -4.14. The van der Waals surface area contributed by atoms with Crippen LogP contribution in [0.15, 0.2) is 36.4 Å². The highest BCUT2D eigenvalue weighted by molar-refractivity contribution is 5.98. The molecule has 39 heavy (non-hydrogen) atoms. The molecule has 210 valence electrons. The van der Waals surface area contributed by atoms with Crippen LogP contribution in [-0.2, 0) is 17.9 Å². The third kappa shape index (κ3) is 7.04. The molecule has 0 atom stereocenters. The van der Waals surface area contributed by atoms with Crippen molar-refractivity contribution in [3.05, 3.63) is 58.8 Å². The number of nitrogen functional groups attached to an aromatic ring is 1. The van der Waals surface area contributed by atoms with Crippen LogP contribution >= 0.6 is 0 Å². The molecule has 1 aromatic heterocycles. The minimum Gasteiger partial charge on any atom is -0.497 e. The van der Waals surface area contributed by atoms with Gasteiger partial charge in [-0.25, -0.2) is 4.98 Å². The number of hydrogen-bond donors (Lipinski definition) is 2. The Balaban J connectivity index is 2.17. The quantitative estimate of drug-likeness (QED) is 0.289. The first kappa shape index (κ1) is 29.4. The summed E-state index contributed by atoms with van der Waals surface area (Å²) < 4.78 is 22.2. The number of nitrogens with two attached hydrogens (primary N) is 1. The van der Waals surface area contributed by atoms with E-state index in [4.69, 9.17) is 29.7 Å². The average Bonchev–Trinajstić information content (AvgIpc) is 2.96. The van der Waals surface area contributed by atoms with Crippen LogP contribution in [0.3, 0.4) is 0 Å². The first-order chi connectivity index (χ1) is 18.8. The zero-order valence-electron chi connectivity index (χ0n) is 24.0. The van der Waals surface area contributed by atoms with Gasteiger partial charge in [0.05, 0.1) is 34.1 Å². The number of hydrogen-bond acceptors (Lipinski definition) is 8. The zero-order valence-corrected chi connectivity index (χ0v) is 24.0. The summed E-state index contributed by atoms with van der Waals surface area (Å²) in [5.74, 6) is 3.20. The van der Waals surface area contributed by atoms with Crippen LogP contribution in [0.4, 0.5) is 17.2 Å². The Labute approximate surface area is 231 Å². The summed E-state index contributed by atoms with van der Waals surface area (Å²) in [5.41, 5.74) is 11.0. The predicted molar refractivity (Wildman–Crippen MR) is 155 cm³/mol. The standard InChI is InChI=1S/C30H40N4O5/c1-8-9-10-27(35)33-29-28(31)19(2)20(3)32-30(29)34(17-21-11-13-23(36-4)15-25(21)38-6)18-22-12-14-24(37-5)16-26(22)39-7/h11-16H,8-10,17-18H2,1-7H3,(H2,31,32)(H,33,35). The van der Waals surface area contributed by atoms with E-state index in [1.54, 1.807) is 28.4 Å². The molecule has 0 unspecified atom stereocenters. The molecule has 3 rings (SSSR count). The Morgan fingerprint density at radius 3 is 1.90 bits per heavy atom. The summed E-state index contributed by atoms with van der Waals surface area (Å²) in [5, 5.41) is 3.06. The van der Waals surface area contributed by atoms with E-state index in [9.17, 15) is 4.79 Å². The molecule has 0 radical (unpaired) electrons. The number of methoxy groups -OCH3 is 4. The van der Waals surface area contributed by atoms with Gasteiger partial charge in [0.15, 0.2) is 5.82 Å². The van der Waals surface area contributed by atoms with Gasteiger partial charge in [-0.1, -0.05) is 13.3 Å². The third-order valence-electron chi connectivity index (χ3n) is 6.75. The molecule has 0 bridgehead atoms. The van der Waals surface area contributed by atoms with Crippen molar-refractivity contribution in [2.75, 3.05) is 44.4 Å². The maximum absolute atomic E-state index is 12.9. The fraction of sp³-hybridized carbons (Fsp3) is 0.400. The van der Waals surface area contributed by atoms with Crippen LogP contribution in [0.2, 0.25) is 0 Å². The molecular formula is C30H40N4O5. The highest BCUT2D eigenvalue weighted by Crippen LogP contribution is 2.38. The van der Waals surface area contributed by atoms with Crippen molar-refractivity contribution in [3.63, 3.8) is 0 Å². The highest BCUT2D eigenvalue weighted by atomic mass is 16.5. The fourth-order valence-electron chi connectivity index (χ4n) is 4.27. The molecule has 0 aliphatic rings. The Morgan fingerprint density at radius 1 is 0.897 bits per heavy atom. The molecule has 3 N–H and O–H groups in total. The molecule has 1 heterocycles. The summed E-state index contributed by atoms with van der Waals surface area (Å²) in [4.78, 5) is 19.9. The molecule has 9 heteroatoms. The first-order valence-corrected chi connectivity index (χ1v) is 13.0. The fourth-order valence-corrected chi connectivity index (χ4v) is 4.27. The number of nitrogens with zero attached hydrogens (tertiary/aromatic N) is 2. The van der Waals surface area contributed by atoms with Crippen molar-refractivity contribution in [2.45, 2.75) is 53.1 Å². The van der Waals surface area contributed by atoms with Crippen molar-refractivity contribution in [2.24, 2.45) is 0 Å². The molecule has 0 saturated heterocycles. The molecule has 0 fully saturated rings. The predicted octanol–water partition coefficient (Wildman–Crippen LogP) is 5.65. The summed E-state index contributed by atoms with van der Waals surface area (Å²) >= 11 is 0. The minimum atomic E-state index is -0.0983. The summed E-state index contributed by atoms with van der Waals surface area (Å²) in [6.45, 7) is 6.70. The second kappa shape index (κ2) is 13.6. The number of carbonyl (C=O) groups excluding carboxylic acids is 1. The Bertz CT molecular complexity index is 1240. The molecule has 3 aromatic rings. The number of rotatable bonds is 13. The molecule has 0 spiro atoms. The van der Waals surface area contributed by atoms with Crippen LogP contribution < -0.4 is 34.9 Å². The zero-order chi connectivity index (χ0) is 28.5. The SMILES string of the molecule is CCCCC(=O)Nc1c(N(Cc2ccc(OC)cc2OC)Cc2ccc(OC)cc2OC)nc(C)c(C)c1N. The molecule has 2 aromatic carbocycles. The van der Waals surface area contributed by atoms with E-state index < -0.39 is 0 Å². The van der Waals surface area contributed by atoms with E-state index in [1.165, 1.54) is 0 Å². The lowest BCUT2D eigenvalue weighted by atomic mass is 10.1. The van der Waals surface area contributed by atoms with Gasteiger partial charge in [-0.2, -0.15) is 0 Å². The van der Waals surface area contributed by atoms with E-state index in [1.807, 2.05) is 50.2 Å². The monoisotopic (exact) mass is 536 g/mol. The normalized spacial score (nSPS) is 10.6. The number of pyridine rings is 1. The van der Waals surface area contributed by atoms with Gasteiger partial charge in [0.2, 0.25) is 5.91 Å². The number of ether oxygens (including phenoxy) is 4. The Morgan fingerprint density at radius 2 is 1.44 bits per heavy atom. The molecule has 1 amide bonds. The number of benzene rings is 2. The molecular weight excluding hydrogens is 496 g/mol. The van der Waals surface area contributed by atoms with Gasteiger partial charge in [0, 0.05) is 48.5 Å². The summed E-state index contributed by atoms with van der Waals surface area (Å²) in [6.07, 6.45) is 2.11. The van der Waals surface area contributed by atoms with Crippen LogP contribution in [0.25, 0.3) is 0 Å². The largest absolute Gasteiger partial charge is 0.497 e. The lowest BCUT2D eigenvalue weighted by molar-refractivity contribution is -0.116. The maximum Gasteiger partial charge on any atom is 0.224 e. The summed E-state index contributed by atoms with van der Waals surface area (Å²) in [7, 11) is 6.49. The number of amides is 1. The number of aromatic nitrogens is 1. The lowest BCUT2D eigenvalue weighted by Gasteiger charge is -2.29. The van der Waals surface area contributed by atoms with Gasteiger partial charge >= 0.3 is 0 Å². The van der Waals surface area contributed by atoms with Crippen LogP contribution in [0, 0.1) is 13.8 Å². The maximum atomic E-state index is 12.9. The second-order valence-electron chi connectivity index (χ2n) is 9.30. The van der Waals surface area contributed by atoms with Crippen molar-refractivity contribution >= 4 is 23.1 Å². The van der Waals surface area contributed by atoms with E-state index in [2.05, 4.69) is 17.1 Å². The van der Waals surface area contributed by atoms with E-state index in [-0.39, 0.29) is 5.91 Å². The number of aryl methyl sites for hydroxylation is 1. The lowest BCUT2D eigenvalue weighted by Crippen LogP contribution is -2.27. The molecule has 0 aliphatic heterocycles. The van der Waals surface area contributed by atoms with Crippen molar-refractivity contribution in [3.8, 4) is 23.0 Å². The molecule has 0 saturated carbocycles. The van der Waals surface area contributed by atoms with Gasteiger partial charge in [0.25, 0.3) is 0 Å². The van der Waals surface area contributed by atoms with Gasteiger partial charge < -0.3 is 34.9 Å². The number of nitrogens with one attached hydrogen (secondary N) is 1. The first-order valence-electron chi connectivity index (χ1n) is 13.0. The molecule has 0 aliphatic carbocycles. The van der Waals surface area contributed by atoms with Gasteiger partial charge in [0.1, 0.15) is 28.7 Å². The van der Waals surface area contributed by atoms with Crippen molar-refractivity contribution < 1.29 is 23.7 Å². The third-order valence-corrected chi connectivity index (χ3v) is 6.75. The topological polar surface area (TPSA) is 108 Å². The highest BCUT2D eigenvalue weighted by Gasteiger charge is 2.23. The van der Waals surface area contributed by atoms with E-state index in [0.29, 0.717) is 59.7 Å². The minimum absolute atomic E-state index is 0.0983. The smallest absolute Gasteiger partial charge is 0.224 e. The second-order valence-corrected chi connectivity index (χ2v) is 9.30. The Kier molecular flexibility index (Phi) is 10.3. The van der Waals surface area contributed by atoms with E-state index >= 15 is 0 Å².